The SMILES string of the molecule is Cc1[nH]ncc1C(C)N1CCN(c2ncccc2-c2cccc(C(F)(F)F)c2)CC1. The van der Waals surface area contributed by atoms with Crippen LogP contribution in [0.3, 0.4) is 0 Å². The molecule has 1 fully saturated rings. The smallest absolute Gasteiger partial charge is 0.354 e. The quantitative estimate of drug-likeness (QED) is 0.672. The van der Waals surface area contributed by atoms with Crippen LogP contribution in [0.4, 0.5) is 19.0 Å². The van der Waals surface area contributed by atoms with Crippen LogP contribution in [0.1, 0.15) is 29.8 Å². The number of nitrogens with zero attached hydrogens (tertiary/aromatic N) is 4. The van der Waals surface area contributed by atoms with Gasteiger partial charge in [0.05, 0.1) is 11.8 Å². The number of rotatable bonds is 4. The molecule has 3 heterocycles. The molecule has 5 nitrogen and oxygen atoms in total. The van der Waals surface area contributed by atoms with E-state index in [1.54, 1.807) is 18.3 Å². The monoisotopic (exact) mass is 415 g/mol. The Morgan fingerprint density at radius 2 is 1.83 bits per heavy atom. The van der Waals surface area contributed by atoms with Gasteiger partial charge in [0.25, 0.3) is 0 Å². The third-order valence-electron chi connectivity index (χ3n) is 5.77. The number of benzene rings is 1. The Bertz CT molecular complexity index is 1010. The zero-order valence-corrected chi connectivity index (χ0v) is 16.9. The summed E-state index contributed by atoms with van der Waals surface area (Å²) in [5.41, 5.74) is 2.85. The van der Waals surface area contributed by atoms with Crippen LogP contribution in [0, 0.1) is 6.92 Å². The van der Waals surface area contributed by atoms with Crippen molar-refractivity contribution in [1.82, 2.24) is 20.1 Å². The second kappa shape index (κ2) is 8.10. The average Bonchev–Trinajstić information content (AvgIpc) is 3.19. The summed E-state index contributed by atoms with van der Waals surface area (Å²) in [5.74, 6) is 0.726. The highest BCUT2D eigenvalue weighted by Gasteiger charge is 2.31. The molecule has 1 saturated heterocycles. The number of nitrogens with one attached hydrogen (secondary N) is 1. The van der Waals surface area contributed by atoms with Gasteiger partial charge in [-0.1, -0.05) is 12.1 Å². The van der Waals surface area contributed by atoms with E-state index >= 15 is 0 Å². The van der Waals surface area contributed by atoms with Gasteiger partial charge in [0.15, 0.2) is 0 Å². The number of alkyl halides is 3. The van der Waals surface area contributed by atoms with E-state index in [-0.39, 0.29) is 6.04 Å². The van der Waals surface area contributed by atoms with Gasteiger partial charge in [-0.25, -0.2) is 4.98 Å². The van der Waals surface area contributed by atoms with Gasteiger partial charge >= 0.3 is 6.18 Å². The number of aryl methyl sites for hydroxylation is 1. The Morgan fingerprint density at radius 1 is 1.07 bits per heavy atom. The van der Waals surface area contributed by atoms with E-state index in [2.05, 4.69) is 31.9 Å². The number of hydrogen-bond acceptors (Lipinski definition) is 4. The van der Waals surface area contributed by atoms with Crippen LogP contribution < -0.4 is 4.90 Å². The number of pyridine rings is 1. The summed E-state index contributed by atoms with van der Waals surface area (Å²) < 4.78 is 39.5. The van der Waals surface area contributed by atoms with Gasteiger partial charge < -0.3 is 4.90 Å². The van der Waals surface area contributed by atoms with Crippen LogP contribution in [-0.2, 0) is 6.18 Å². The number of anilines is 1. The first-order chi connectivity index (χ1) is 14.3. The molecule has 0 spiro atoms. The summed E-state index contributed by atoms with van der Waals surface area (Å²) in [5, 5.41) is 7.10. The van der Waals surface area contributed by atoms with Gasteiger partial charge in [-0.05, 0) is 43.7 Å². The minimum absolute atomic E-state index is 0.248. The molecule has 2 aromatic heterocycles. The normalized spacial score (nSPS) is 16.6. The topological polar surface area (TPSA) is 48.1 Å². The first-order valence-electron chi connectivity index (χ1n) is 9.96. The van der Waals surface area contributed by atoms with E-state index in [1.165, 1.54) is 17.7 Å². The molecule has 0 saturated carbocycles. The van der Waals surface area contributed by atoms with Gasteiger partial charge in [0.1, 0.15) is 5.82 Å². The third-order valence-corrected chi connectivity index (χ3v) is 5.77. The molecule has 1 atom stereocenters. The Labute approximate surface area is 173 Å². The number of aromatic amines is 1. The predicted octanol–water partition coefficient (Wildman–Crippen LogP) is 4.68. The van der Waals surface area contributed by atoms with E-state index in [9.17, 15) is 13.2 Å². The summed E-state index contributed by atoms with van der Waals surface area (Å²) in [4.78, 5) is 9.06. The maximum absolute atomic E-state index is 13.2. The molecular formula is C22H24F3N5. The molecule has 1 aliphatic heterocycles. The Hall–Kier alpha value is -2.87. The van der Waals surface area contributed by atoms with E-state index in [0.717, 1.165) is 49.3 Å². The van der Waals surface area contributed by atoms with Crippen LogP contribution in [0.2, 0.25) is 0 Å². The highest BCUT2D eigenvalue weighted by atomic mass is 19.4. The van der Waals surface area contributed by atoms with Gasteiger partial charge in [-0.2, -0.15) is 18.3 Å². The first-order valence-corrected chi connectivity index (χ1v) is 9.96. The van der Waals surface area contributed by atoms with Crippen LogP contribution in [0.25, 0.3) is 11.1 Å². The van der Waals surface area contributed by atoms with Gasteiger partial charge in [0.2, 0.25) is 0 Å². The second-order valence-electron chi connectivity index (χ2n) is 7.60. The molecule has 0 aliphatic carbocycles. The lowest BCUT2D eigenvalue weighted by atomic mass is 10.0. The van der Waals surface area contributed by atoms with E-state index in [1.807, 2.05) is 19.2 Å². The number of piperazine rings is 1. The average molecular weight is 415 g/mol. The second-order valence-corrected chi connectivity index (χ2v) is 7.60. The minimum atomic E-state index is -4.37. The first kappa shape index (κ1) is 20.4. The van der Waals surface area contributed by atoms with Crippen molar-refractivity contribution < 1.29 is 13.2 Å². The van der Waals surface area contributed by atoms with Crippen molar-refractivity contribution in [2.24, 2.45) is 0 Å². The fourth-order valence-electron chi connectivity index (χ4n) is 4.04. The predicted molar refractivity (Wildman–Crippen MR) is 110 cm³/mol. The molecule has 4 rings (SSSR count). The highest BCUT2D eigenvalue weighted by molar-refractivity contribution is 5.76. The van der Waals surface area contributed by atoms with Crippen molar-refractivity contribution in [3.63, 3.8) is 0 Å². The molecule has 8 heteroatoms. The molecule has 3 aromatic rings. The lowest BCUT2D eigenvalue weighted by Crippen LogP contribution is -2.47. The van der Waals surface area contributed by atoms with E-state index < -0.39 is 11.7 Å². The van der Waals surface area contributed by atoms with Crippen LogP contribution in [-0.4, -0.2) is 46.3 Å². The zero-order valence-electron chi connectivity index (χ0n) is 16.9. The molecule has 1 N–H and O–H groups in total. The summed E-state index contributed by atoms with van der Waals surface area (Å²) >= 11 is 0. The molecule has 30 heavy (non-hydrogen) atoms. The lowest BCUT2D eigenvalue weighted by Gasteiger charge is -2.39. The van der Waals surface area contributed by atoms with Crippen molar-refractivity contribution in [3.05, 3.63) is 65.6 Å². The number of halogens is 3. The number of hydrogen-bond donors (Lipinski definition) is 1. The van der Waals surface area contributed by atoms with Crippen LogP contribution >= 0.6 is 0 Å². The standard InChI is InChI=1S/C22H24F3N5/c1-15-20(14-27-28-15)16(2)29-9-11-30(12-10-29)21-19(7-4-8-26-21)17-5-3-6-18(13-17)22(23,24)25/h3-8,13-14,16H,9-12H2,1-2H3,(H,27,28). The highest BCUT2D eigenvalue weighted by Crippen LogP contribution is 2.35. The maximum atomic E-state index is 13.2. The lowest BCUT2D eigenvalue weighted by molar-refractivity contribution is -0.137. The fraction of sp³-hybridized carbons (Fsp3) is 0.364. The molecule has 1 aromatic carbocycles. The Balaban J connectivity index is 1.54. The Morgan fingerprint density at radius 3 is 2.50 bits per heavy atom. The van der Waals surface area contributed by atoms with E-state index in [4.69, 9.17) is 0 Å². The third kappa shape index (κ3) is 4.05. The molecule has 1 aliphatic rings. The van der Waals surface area contributed by atoms with E-state index in [0.29, 0.717) is 5.56 Å². The molecule has 1 unspecified atom stereocenters. The fourth-order valence-corrected chi connectivity index (χ4v) is 4.04. The molecule has 158 valence electrons. The number of aromatic nitrogens is 3. The largest absolute Gasteiger partial charge is 0.416 e. The molecule has 0 amide bonds. The van der Waals surface area contributed by atoms with Crippen molar-refractivity contribution in [2.45, 2.75) is 26.1 Å². The van der Waals surface area contributed by atoms with Crippen molar-refractivity contribution in [3.8, 4) is 11.1 Å². The van der Waals surface area contributed by atoms with Crippen LogP contribution in [0.5, 0.6) is 0 Å². The van der Waals surface area contributed by atoms with Gasteiger partial charge in [-0.3, -0.25) is 10.00 Å². The Kier molecular flexibility index (Phi) is 5.51. The summed E-state index contributed by atoms with van der Waals surface area (Å²) in [6.07, 6.45) is -0.807. The molecule has 0 bridgehead atoms. The van der Waals surface area contributed by atoms with Crippen molar-refractivity contribution in [2.75, 3.05) is 31.1 Å². The van der Waals surface area contributed by atoms with Crippen molar-refractivity contribution >= 4 is 5.82 Å². The summed E-state index contributed by atoms with van der Waals surface area (Å²) in [6.45, 7) is 7.37. The molecular weight excluding hydrogens is 391 g/mol. The minimum Gasteiger partial charge on any atom is -0.354 e. The van der Waals surface area contributed by atoms with Gasteiger partial charge in [0, 0.05) is 55.2 Å². The van der Waals surface area contributed by atoms with Crippen molar-refractivity contribution in [1.29, 1.82) is 0 Å². The van der Waals surface area contributed by atoms with Crippen LogP contribution in [0.15, 0.2) is 48.8 Å². The maximum Gasteiger partial charge on any atom is 0.416 e. The summed E-state index contributed by atoms with van der Waals surface area (Å²) in [7, 11) is 0. The molecule has 0 radical (unpaired) electrons. The number of H-pyrrole nitrogens is 1. The zero-order chi connectivity index (χ0) is 21.3. The summed E-state index contributed by atoms with van der Waals surface area (Å²) in [6, 6.07) is 9.29. The van der Waals surface area contributed by atoms with Gasteiger partial charge in [-0.15, -0.1) is 0 Å².